The van der Waals surface area contributed by atoms with Crippen LogP contribution in [0.4, 0.5) is 4.79 Å². The average Bonchev–Trinajstić information content (AvgIpc) is 2.98. The highest BCUT2D eigenvalue weighted by molar-refractivity contribution is 7.16. The quantitative estimate of drug-likeness (QED) is 0.943. The lowest BCUT2D eigenvalue weighted by Gasteiger charge is -2.20. The van der Waals surface area contributed by atoms with Crippen LogP contribution in [0, 0.1) is 0 Å². The van der Waals surface area contributed by atoms with Gasteiger partial charge in [-0.05, 0) is 19.1 Å². The van der Waals surface area contributed by atoms with Gasteiger partial charge in [0.05, 0.1) is 23.1 Å². The Hall–Kier alpha value is -1.53. The fraction of sp³-hybridized carbons (Fsp3) is 0.385. The summed E-state index contributed by atoms with van der Waals surface area (Å²) in [7, 11) is 3.61. The maximum atomic E-state index is 12.1. The van der Waals surface area contributed by atoms with E-state index in [-0.39, 0.29) is 12.1 Å². The fourth-order valence-corrected chi connectivity index (χ4v) is 2.89. The largest absolute Gasteiger partial charge is 0.331 e. The van der Waals surface area contributed by atoms with Crippen molar-refractivity contribution in [2.24, 2.45) is 7.05 Å². The number of amides is 2. The van der Waals surface area contributed by atoms with E-state index in [9.17, 15) is 4.79 Å². The van der Waals surface area contributed by atoms with E-state index in [0.29, 0.717) is 6.54 Å². The van der Waals surface area contributed by atoms with E-state index in [1.165, 1.54) is 11.3 Å². The Bertz CT molecular complexity index is 595. The molecule has 1 N–H and O–H groups in total. The molecule has 2 aromatic heterocycles. The van der Waals surface area contributed by atoms with Crippen molar-refractivity contribution in [3.05, 3.63) is 39.3 Å². The van der Waals surface area contributed by atoms with Gasteiger partial charge in [0.15, 0.2) is 0 Å². The number of hydrogen-bond acceptors (Lipinski definition) is 3. The molecule has 0 radical (unpaired) electrons. The second-order valence-corrected chi connectivity index (χ2v) is 6.44. The van der Waals surface area contributed by atoms with Crippen molar-refractivity contribution in [1.29, 1.82) is 0 Å². The van der Waals surface area contributed by atoms with Crippen LogP contribution in [-0.2, 0) is 13.6 Å². The standard InChI is InChI=1S/C13H17ClN4OS/c1-9(11-4-5-12(14)20-11)16-13(19)17(2)7-10-6-15-18(3)8-10/h4-6,8-9H,7H2,1-3H3,(H,16,19)/t9-/m1/s1. The molecule has 0 bridgehead atoms. The Morgan fingerprint density at radius 3 is 2.90 bits per heavy atom. The lowest BCUT2D eigenvalue weighted by atomic mass is 10.3. The van der Waals surface area contributed by atoms with Crippen LogP contribution in [0.2, 0.25) is 4.34 Å². The third kappa shape index (κ3) is 3.74. The Labute approximate surface area is 127 Å². The van der Waals surface area contributed by atoms with Gasteiger partial charge in [-0.3, -0.25) is 4.68 Å². The van der Waals surface area contributed by atoms with Gasteiger partial charge >= 0.3 is 6.03 Å². The van der Waals surface area contributed by atoms with Crippen molar-refractivity contribution in [3.8, 4) is 0 Å². The maximum absolute atomic E-state index is 12.1. The summed E-state index contributed by atoms with van der Waals surface area (Å²) in [6.45, 7) is 2.47. The first kappa shape index (κ1) is 14.9. The Balaban J connectivity index is 1.90. The topological polar surface area (TPSA) is 50.2 Å². The van der Waals surface area contributed by atoms with E-state index in [1.54, 1.807) is 22.8 Å². The smallest absolute Gasteiger partial charge is 0.317 e. The van der Waals surface area contributed by atoms with Gasteiger partial charge in [0.1, 0.15) is 0 Å². The van der Waals surface area contributed by atoms with Crippen molar-refractivity contribution >= 4 is 29.0 Å². The van der Waals surface area contributed by atoms with Crippen LogP contribution in [0.5, 0.6) is 0 Å². The number of nitrogens with one attached hydrogen (secondary N) is 1. The lowest BCUT2D eigenvalue weighted by Crippen LogP contribution is -2.37. The number of aryl methyl sites for hydroxylation is 1. The number of urea groups is 1. The van der Waals surface area contributed by atoms with Gasteiger partial charge in [-0.1, -0.05) is 11.6 Å². The molecule has 2 amide bonds. The molecule has 0 saturated carbocycles. The SMILES string of the molecule is C[C@@H](NC(=O)N(C)Cc1cnn(C)c1)c1ccc(Cl)s1. The van der Waals surface area contributed by atoms with Gasteiger partial charge in [-0.15, -0.1) is 11.3 Å². The van der Waals surface area contributed by atoms with Gasteiger partial charge in [0.2, 0.25) is 0 Å². The highest BCUT2D eigenvalue weighted by Gasteiger charge is 2.15. The molecule has 1 atom stereocenters. The van der Waals surface area contributed by atoms with Crippen LogP contribution in [0.25, 0.3) is 0 Å². The van der Waals surface area contributed by atoms with Crippen LogP contribution in [0.3, 0.4) is 0 Å². The van der Waals surface area contributed by atoms with Crippen LogP contribution in [0.1, 0.15) is 23.4 Å². The minimum Gasteiger partial charge on any atom is -0.331 e. The Kier molecular flexibility index (Phi) is 4.67. The number of halogens is 1. The number of carbonyl (C=O) groups is 1. The molecule has 0 aliphatic carbocycles. The zero-order valence-electron chi connectivity index (χ0n) is 11.6. The Morgan fingerprint density at radius 2 is 2.35 bits per heavy atom. The summed E-state index contributed by atoms with van der Waals surface area (Å²) in [4.78, 5) is 14.8. The zero-order valence-corrected chi connectivity index (χ0v) is 13.2. The molecule has 2 heterocycles. The van der Waals surface area contributed by atoms with E-state index in [4.69, 9.17) is 11.6 Å². The predicted octanol–water partition coefficient (Wildman–Crippen LogP) is 3.04. The van der Waals surface area contributed by atoms with E-state index < -0.39 is 0 Å². The van der Waals surface area contributed by atoms with Crippen molar-refractivity contribution in [2.45, 2.75) is 19.5 Å². The average molecular weight is 313 g/mol. The minimum atomic E-state index is -0.120. The highest BCUT2D eigenvalue weighted by atomic mass is 35.5. The van der Waals surface area contributed by atoms with Gasteiger partial charge in [-0.2, -0.15) is 5.10 Å². The normalized spacial score (nSPS) is 12.2. The zero-order chi connectivity index (χ0) is 14.7. The van der Waals surface area contributed by atoms with Gasteiger partial charge < -0.3 is 10.2 Å². The van der Waals surface area contributed by atoms with Crippen LogP contribution < -0.4 is 5.32 Å². The van der Waals surface area contributed by atoms with E-state index in [1.807, 2.05) is 32.3 Å². The number of hydrogen-bond donors (Lipinski definition) is 1. The molecule has 0 unspecified atom stereocenters. The molecule has 2 aromatic rings. The predicted molar refractivity (Wildman–Crippen MR) is 81.0 cm³/mol. The van der Waals surface area contributed by atoms with Crippen molar-refractivity contribution < 1.29 is 4.79 Å². The summed E-state index contributed by atoms with van der Waals surface area (Å²) >= 11 is 7.38. The van der Waals surface area contributed by atoms with E-state index in [0.717, 1.165) is 14.8 Å². The van der Waals surface area contributed by atoms with E-state index in [2.05, 4.69) is 10.4 Å². The fourth-order valence-electron chi connectivity index (χ4n) is 1.83. The van der Waals surface area contributed by atoms with Crippen LogP contribution in [-0.4, -0.2) is 27.8 Å². The molecule has 0 aliphatic heterocycles. The summed E-state index contributed by atoms with van der Waals surface area (Å²) in [6.07, 6.45) is 3.65. The lowest BCUT2D eigenvalue weighted by molar-refractivity contribution is 0.203. The molecule has 0 saturated heterocycles. The molecule has 0 spiro atoms. The summed E-state index contributed by atoms with van der Waals surface area (Å²) in [6, 6.07) is 3.59. The molecule has 5 nitrogen and oxygen atoms in total. The van der Waals surface area contributed by atoms with Crippen molar-refractivity contribution in [1.82, 2.24) is 20.0 Å². The van der Waals surface area contributed by atoms with E-state index >= 15 is 0 Å². The second-order valence-electron chi connectivity index (χ2n) is 4.69. The second kappa shape index (κ2) is 6.28. The number of nitrogens with zero attached hydrogens (tertiary/aromatic N) is 3. The molecule has 108 valence electrons. The third-order valence-corrected chi connectivity index (χ3v) is 4.30. The number of thiophene rings is 1. The van der Waals surface area contributed by atoms with Crippen molar-refractivity contribution in [2.75, 3.05) is 7.05 Å². The van der Waals surface area contributed by atoms with Crippen LogP contribution >= 0.6 is 22.9 Å². The molecule has 0 fully saturated rings. The Morgan fingerprint density at radius 1 is 1.60 bits per heavy atom. The summed E-state index contributed by atoms with van der Waals surface area (Å²) in [5.41, 5.74) is 0.997. The minimum absolute atomic E-state index is 0.0589. The molecule has 7 heteroatoms. The third-order valence-electron chi connectivity index (χ3n) is 2.89. The first-order valence-electron chi connectivity index (χ1n) is 6.20. The van der Waals surface area contributed by atoms with Gasteiger partial charge in [0, 0.05) is 30.7 Å². The molecule has 0 aromatic carbocycles. The van der Waals surface area contributed by atoms with Gasteiger partial charge in [-0.25, -0.2) is 4.79 Å². The summed E-state index contributed by atoms with van der Waals surface area (Å²) in [5, 5.41) is 7.03. The summed E-state index contributed by atoms with van der Waals surface area (Å²) in [5.74, 6) is 0. The molecule has 0 aliphatic rings. The maximum Gasteiger partial charge on any atom is 0.317 e. The van der Waals surface area contributed by atoms with Crippen LogP contribution in [0.15, 0.2) is 24.5 Å². The number of aromatic nitrogens is 2. The molecular formula is C13H17ClN4OS. The molecule has 2 rings (SSSR count). The first-order valence-corrected chi connectivity index (χ1v) is 7.39. The van der Waals surface area contributed by atoms with Crippen molar-refractivity contribution in [3.63, 3.8) is 0 Å². The number of rotatable bonds is 4. The molecular weight excluding hydrogens is 296 g/mol. The monoisotopic (exact) mass is 312 g/mol. The summed E-state index contributed by atoms with van der Waals surface area (Å²) < 4.78 is 2.45. The van der Waals surface area contributed by atoms with Gasteiger partial charge in [0.25, 0.3) is 0 Å². The highest BCUT2D eigenvalue weighted by Crippen LogP contribution is 2.26. The first-order chi connectivity index (χ1) is 9.45. The number of carbonyl (C=O) groups excluding carboxylic acids is 1. The molecule has 20 heavy (non-hydrogen) atoms.